The number of rotatable bonds is 6. The molecule has 0 bridgehead atoms. The summed E-state index contributed by atoms with van der Waals surface area (Å²) in [4.78, 5) is 0. The molecule has 3 nitrogen and oxygen atoms in total. The third-order valence-electron chi connectivity index (χ3n) is 3.34. The lowest BCUT2D eigenvalue weighted by Gasteiger charge is -2.21. The van der Waals surface area contributed by atoms with Crippen molar-refractivity contribution in [1.82, 2.24) is 0 Å². The third-order valence-corrected chi connectivity index (χ3v) is 3.75. The summed E-state index contributed by atoms with van der Waals surface area (Å²) in [6.07, 6.45) is 0. The minimum Gasteiger partial charge on any atom is -0.494 e. The second-order valence-electron chi connectivity index (χ2n) is 4.87. The first-order valence-corrected chi connectivity index (χ1v) is 7.48. The molecule has 2 aromatic carbocycles. The van der Waals surface area contributed by atoms with Crippen LogP contribution in [0.3, 0.4) is 0 Å². The standard InChI is InChI=1S/C17H21ClN2O/c1-3-21-17-7-5-4-6-14(17)16(11-19)20-13-9-8-12(2)15(18)10-13/h4-10,16,20H,3,11,19H2,1-2H3. The van der Waals surface area contributed by atoms with Crippen molar-refractivity contribution in [3.8, 4) is 5.75 Å². The molecule has 0 radical (unpaired) electrons. The third kappa shape index (κ3) is 3.90. The van der Waals surface area contributed by atoms with Crippen molar-refractivity contribution >= 4 is 17.3 Å². The number of nitrogens with two attached hydrogens (primary N) is 1. The predicted molar refractivity (Wildman–Crippen MR) is 89.2 cm³/mol. The Kier molecular flexibility index (Phi) is 5.48. The molecule has 3 N–H and O–H groups in total. The summed E-state index contributed by atoms with van der Waals surface area (Å²) in [5, 5.41) is 4.17. The number of ether oxygens (including phenoxy) is 1. The molecule has 21 heavy (non-hydrogen) atoms. The van der Waals surface area contributed by atoms with Crippen molar-refractivity contribution in [1.29, 1.82) is 0 Å². The molecule has 0 heterocycles. The molecule has 0 aromatic heterocycles. The molecule has 2 aromatic rings. The van der Waals surface area contributed by atoms with Crippen LogP contribution in [0.25, 0.3) is 0 Å². The van der Waals surface area contributed by atoms with Gasteiger partial charge >= 0.3 is 0 Å². The van der Waals surface area contributed by atoms with E-state index >= 15 is 0 Å². The second kappa shape index (κ2) is 7.34. The van der Waals surface area contributed by atoms with Crippen LogP contribution in [0.1, 0.15) is 24.1 Å². The number of hydrogen-bond donors (Lipinski definition) is 2. The largest absolute Gasteiger partial charge is 0.494 e. The van der Waals surface area contributed by atoms with Crippen LogP contribution in [0.5, 0.6) is 5.75 Å². The summed E-state index contributed by atoms with van der Waals surface area (Å²) in [5.41, 5.74) is 9.00. The fraction of sp³-hybridized carbons (Fsp3) is 0.294. The number of aryl methyl sites for hydroxylation is 1. The van der Waals surface area contributed by atoms with Crippen molar-refractivity contribution in [2.45, 2.75) is 19.9 Å². The van der Waals surface area contributed by atoms with Crippen LogP contribution >= 0.6 is 11.6 Å². The predicted octanol–water partition coefficient (Wildman–Crippen LogP) is 4.16. The van der Waals surface area contributed by atoms with Gasteiger partial charge in [-0.05, 0) is 37.6 Å². The monoisotopic (exact) mass is 304 g/mol. The maximum Gasteiger partial charge on any atom is 0.124 e. The molecule has 0 saturated heterocycles. The first-order chi connectivity index (χ1) is 10.2. The Hall–Kier alpha value is -1.71. The van der Waals surface area contributed by atoms with Gasteiger partial charge in [0.25, 0.3) is 0 Å². The molecule has 0 fully saturated rings. The summed E-state index contributed by atoms with van der Waals surface area (Å²) in [6.45, 7) is 5.05. The summed E-state index contributed by atoms with van der Waals surface area (Å²) in [7, 11) is 0. The Morgan fingerprint density at radius 3 is 2.67 bits per heavy atom. The first-order valence-electron chi connectivity index (χ1n) is 7.10. The SMILES string of the molecule is CCOc1ccccc1C(CN)Nc1ccc(C)c(Cl)c1. The maximum atomic E-state index is 6.17. The van der Waals surface area contributed by atoms with Crippen LogP contribution in [-0.2, 0) is 0 Å². The van der Waals surface area contributed by atoms with Gasteiger partial charge in [0, 0.05) is 22.8 Å². The molecule has 0 aliphatic carbocycles. The van der Waals surface area contributed by atoms with Gasteiger partial charge in [0.2, 0.25) is 0 Å². The van der Waals surface area contributed by atoms with E-state index in [1.807, 2.05) is 56.3 Å². The van der Waals surface area contributed by atoms with Crippen molar-refractivity contribution in [3.63, 3.8) is 0 Å². The Bertz CT molecular complexity index is 601. The fourth-order valence-corrected chi connectivity index (χ4v) is 2.38. The molecule has 2 rings (SSSR count). The van der Waals surface area contributed by atoms with Gasteiger partial charge in [0.15, 0.2) is 0 Å². The van der Waals surface area contributed by atoms with E-state index in [4.69, 9.17) is 22.1 Å². The summed E-state index contributed by atoms with van der Waals surface area (Å²) >= 11 is 6.17. The zero-order valence-corrected chi connectivity index (χ0v) is 13.2. The molecule has 0 aliphatic heterocycles. The van der Waals surface area contributed by atoms with E-state index in [2.05, 4.69) is 5.32 Å². The molecular formula is C17H21ClN2O. The van der Waals surface area contributed by atoms with Crippen LogP contribution in [0.4, 0.5) is 5.69 Å². The zero-order valence-electron chi connectivity index (χ0n) is 12.4. The Balaban J connectivity index is 2.25. The smallest absolute Gasteiger partial charge is 0.124 e. The van der Waals surface area contributed by atoms with E-state index in [-0.39, 0.29) is 6.04 Å². The highest BCUT2D eigenvalue weighted by atomic mass is 35.5. The number of halogens is 1. The van der Waals surface area contributed by atoms with Gasteiger partial charge in [0.05, 0.1) is 12.6 Å². The number of para-hydroxylation sites is 1. The minimum atomic E-state index is -0.0217. The van der Waals surface area contributed by atoms with Crippen LogP contribution < -0.4 is 15.8 Å². The zero-order chi connectivity index (χ0) is 15.2. The van der Waals surface area contributed by atoms with Gasteiger partial charge in [0.1, 0.15) is 5.75 Å². The van der Waals surface area contributed by atoms with E-state index in [1.165, 1.54) is 0 Å². The van der Waals surface area contributed by atoms with Gasteiger partial charge < -0.3 is 15.8 Å². The van der Waals surface area contributed by atoms with Gasteiger partial charge in [-0.25, -0.2) is 0 Å². The highest BCUT2D eigenvalue weighted by molar-refractivity contribution is 6.31. The summed E-state index contributed by atoms with van der Waals surface area (Å²) in [6, 6.07) is 13.8. The average Bonchev–Trinajstić information content (AvgIpc) is 2.49. The highest BCUT2D eigenvalue weighted by Gasteiger charge is 2.14. The topological polar surface area (TPSA) is 47.3 Å². The average molecular weight is 305 g/mol. The lowest BCUT2D eigenvalue weighted by molar-refractivity contribution is 0.335. The molecule has 112 valence electrons. The Morgan fingerprint density at radius 1 is 1.24 bits per heavy atom. The van der Waals surface area contributed by atoms with E-state index in [0.29, 0.717) is 13.2 Å². The van der Waals surface area contributed by atoms with Crippen LogP contribution in [0, 0.1) is 6.92 Å². The Morgan fingerprint density at radius 2 is 2.00 bits per heavy atom. The van der Waals surface area contributed by atoms with Gasteiger partial charge in [-0.3, -0.25) is 0 Å². The first kappa shape index (κ1) is 15.7. The van der Waals surface area contributed by atoms with Gasteiger partial charge in [-0.1, -0.05) is 35.9 Å². The lowest BCUT2D eigenvalue weighted by atomic mass is 10.0. The normalized spacial score (nSPS) is 12.0. The minimum absolute atomic E-state index is 0.0217. The van der Waals surface area contributed by atoms with E-state index < -0.39 is 0 Å². The van der Waals surface area contributed by atoms with Crippen molar-refractivity contribution in [3.05, 3.63) is 58.6 Å². The molecule has 0 amide bonds. The molecule has 0 spiro atoms. The van der Waals surface area contributed by atoms with Crippen molar-refractivity contribution < 1.29 is 4.74 Å². The molecule has 0 saturated carbocycles. The fourth-order valence-electron chi connectivity index (χ4n) is 2.20. The van der Waals surface area contributed by atoms with Crippen LogP contribution in [0.15, 0.2) is 42.5 Å². The molecule has 4 heteroatoms. The second-order valence-corrected chi connectivity index (χ2v) is 5.27. The number of anilines is 1. The van der Waals surface area contributed by atoms with Crippen LogP contribution in [-0.4, -0.2) is 13.2 Å². The summed E-state index contributed by atoms with van der Waals surface area (Å²) in [5.74, 6) is 0.862. The number of benzene rings is 2. The van der Waals surface area contributed by atoms with Gasteiger partial charge in [-0.15, -0.1) is 0 Å². The highest BCUT2D eigenvalue weighted by Crippen LogP contribution is 2.29. The van der Waals surface area contributed by atoms with E-state index in [1.54, 1.807) is 0 Å². The van der Waals surface area contributed by atoms with Crippen molar-refractivity contribution in [2.24, 2.45) is 5.73 Å². The number of nitrogens with one attached hydrogen (secondary N) is 1. The van der Waals surface area contributed by atoms with Crippen molar-refractivity contribution in [2.75, 3.05) is 18.5 Å². The van der Waals surface area contributed by atoms with Crippen LogP contribution in [0.2, 0.25) is 5.02 Å². The van der Waals surface area contributed by atoms with E-state index in [9.17, 15) is 0 Å². The molecule has 1 atom stereocenters. The maximum absolute atomic E-state index is 6.17. The Labute approximate surface area is 131 Å². The quantitative estimate of drug-likeness (QED) is 0.842. The summed E-state index contributed by atoms with van der Waals surface area (Å²) < 4.78 is 5.68. The van der Waals surface area contributed by atoms with E-state index in [0.717, 1.165) is 27.6 Å². The van der Waals surface area contributed by atoms with Gasteiger partial charge in [-0.2, -0.15) is 0 Å². The number of hydrogen-bond acceptors (Lipinski definition) is 3. The molecular weight excluding hydrogens is 284 g/mol. The molecule has 1 unspecified atom stereocenters. The molecule has 0 aliphatic rings. The lowest BCUT2D eigenvalue weighted by Crippen LogP contribution is -2.21.